The van der Waals surface area contributed by atoms with Crippen LogP contribution in [0.25, 0.3) is 0 Å². The molecule has 0 saturated heterocycles. The van der Waals surface area contributed by atoms with Crippen LogP contribution < -0.4 is 0 Å². The van der Waals surface area contributed by atoms with Crippen molar-refractivity contribution < 1.29 is 5.11 Å². The minimum absolute atomic E-state index is 0.0564. The quantitative estimate of drug-likeness (QED) is 0.797. The molecule has 0 aromatic carbocycles. The first-order chi connectivity index (χ1) is 7.75. The van der Waals surface area contributed by atoms with Crippen LogP contribution in [0.1, 0.15) is 44.2 Å². The van der Waals surface area contributed by atoms with Crippen molar-refractivity contribution in [2.75, 3.05) is 0 Å². The molecule has 0 aliphatic heterocycles. The van der Waals surface area contributed by atoms with Crippen molar-refractivity contribution in [3.63, 3.8) is 0 Å². The number of hydrogen-bond acceptors (Lipinski definition) is 2. The molecule has 1 saturated carbocycles. The predicted octanol–water partition coefficient (Wildman–Crippen LogP) is 2.29. The zero-order valence-corrected chi connectivity index (χ0v) is 10.1. The van der Waals surface area contributed by atoms with Crippen LogP contribution in [-0.2, 0) is 13.5 Å². The highest BCUT2D eigenvalue weighted by molar-refractivity contribution is 5.00. The number of nitrogens with zero attached hydrogens (tertiary/aromatic N) is 2. The number of aryl methyl sites for hydroxylation is 2. The van der Waals surface area contributed by atoms with Gasteiger partial charge in [-0.3, -0.25) is 4.68 Å². The molecule has 1 fully saturated rings. The lowest BCUT2D eigenvalue weighted by atomic mass is 9.93. The summed E-state index contributed by atoms with van der Waals surface area (Å²) in [5.41, 5.74) is 1.30. The Morgan fingerprint density at radius 3 is 3.00 bits per heavy atom. The van der Waals surface area contributed by atoms with Gasteiger partial charge in [-0.1, -0.05) is 19.3 Å². The SMILES string of the molecule is Cn1nccc1CCC1CCCCC(O)C1. The number of hydrogen-bond donors (Lipinski definition) is 1. The minimum Gasteiger partial charge on any atom is -0.393 e. The number of aliphatic hydroxyl groups excluding tert-OH is 1. The van der Waals surface area contributed by atoms with E-state index in [0.717, 1.165) is 19.3 Å². The van der Waals surface area contributed by atoms with E-state index < -0.39 is 0 Å². The van der Waals surface area contributed by atoms with E-state index in [2.05, 4.69) is 11.2 Å². The van der Waals surface area contributed by atoms with Crippen LogP contribution in [0, 0.1) is 5.92 Å². The fraction of sp³-hybridized carbons (Fsp3) is 0.769. The van der Waals surface area contributed by atoms with Crippen molar-refractivity contribution in [2.24, 2.45) is 13.0 Å². The lowest BCUT2D eigenvalue weighted by Crippen LogP contribution is -2.12. The van der Waals surface area contributed by atoms with E-state index in [1.807, 2.05) is 17.9 Å². The molecule has 0 radical (unpaired) electrons. The van der Waals surface area contributed by atoms with Gasteiger partial charge in [0, 0.05) is 18.9 Å². The van der Waals surface area contributed by atoms with Crippen LogP contribution in [0.4, 0.5) is 0 Å². The van der Waals surface area contributed by atoms with Crippen molar-refractivity contribution in [3.05, 3.63) is 18.0 Å². The number of aromatic nitrogens is 2. The van der Waals surface area contributed by atoms with Gasteiger partial charge in [0.15, 0.2) is 0 Å². The second-order valence-corrected chi connectivity index (χ2v) is 5.02. The zero-order chi connectivity index (χ0) is 11.4. The molecule has 2 rings (SSSR count). The molecular weight excluding hydrogens is 200 g/mol. The molecular formula is C13H22N2O. The van der Waals surface area contributed by atoms with Gasteiger partial charge in [0.2, 0.25) is 0 Å². The third-order valence-electron chi connectivity index (χ3n) is 3.74. The first-order valence-electron chi connectivity index (χ1n) is 6.40. The average Bonchev–Trinajstić information content (AvgIpc) is 2.54. The monoisotopic (exact) mass is 222 g/mol. The molecule has 2 unspecified atom stereocenters. The summed E-state index contributed by atoms with van der Waals surface area (Å²) in [6, 6.07) is 2.09. The third-order valence-corrected chi connectivity index (χ3v) is 3.74. The standard InChI is InChI=1S/C13H22N2O/c1-15-12(8-9-14-15)7-6-11-4-2-3-5-13(16)10-11/h8-9,11,13,16H,2-7,10H2,1H3. The van der Waals surface area contributed by atoms with E-state index in [-0.39, 0.29) is 6.10 Å². The predicted molar refractivity (Wildman–Crippen MR) is 64.1 cm³/mol. The molecule has 0 bridgehead atoms. The van der Waals surface area contributed by atoms with Crippen LogP contribution in [0.5, 0.6) is 0 Å². The molecule has 0 spiro atoms. The highest BCUT2D eigenvalue weighted by Gasteiger charge is 2.18. The first kappa shape index (κ1) is 11.6. The van der Waals surface area contributed by atoms with Crippen LogP contribution in [-0.4, -0.2) is 21.0 Å². The van der Waals surface area contributed by atoms with Gasteiger partial charge in [-0.25, -0.2) is 0 Å². The van der Waals surface area contributed by atoms with Crippen molar-refractivity contribution in [1.29, 1.82) is 0 Å². The lowest BCUT2D eigenvalue weighted by Gasteiger charge is -2.16. The summed E-state index contributed by atoms with van der Waals surface area (Å²) in [5.74, 6) is 0.701. The van der Waals surface area contributed by atoms with Gasteiger partial charge in [0.25, 0.3) is 0 Å². The summed E-state index contributed by atoms with van der Waals surface area (Å²) < 4.78 is 1.95. The summed E-state index contributed by atoms with van der Waals surface area (Å²) in [6.07, 6.45) is 9.85. The number of rotatable bonds is 3. The van der Waals surface area contributed by atoms with E-state index in [9.17, 15) is 5.11 Å². The fourth-order valence-electron chi connectivity index (χ4n) is 2.69. The normalized spacial score (nSPS) is 26.6. The molecule has 2 atom stereocenters. The Kier molecular flexibility index (Phi) is 3.99. The van der Waals surface area contributed by atoms with Gasteiger partial charge in [0.05, 0.1) is 6.10 Å². The molecule has 3 heteroatoms. The Balaban J connectivity index is 1.82. The lowest BCUT2D eigenvalue weighted by molar-refractivity contribution is 0.139. The zero-order valence-electron chi connectivity index (χ0n) is 10.1. The Hall–Kier alpha value is -0.830. The van der Waals surface area contributed by atoms with Crippen LogP contribution >= 0.6 is 0 Å². The molecule has 1 N–H and O–H groups in total. The maximum Gasteiger partial charge on any atom is 0.0542 e. The second-order valence-electron chi connectivity index (χ2n) is 5.02. The molecule has 3 nitrogen and oxygen atoms in total. The van der Waals surface area contributed by atoms with E-state index in [4.69, 9.17) is 0 Å². The van der Waals surface area contributed by atoms with Gasteiger partial charge >= 0.3 is 0 Å². The number of aliphatic hydroxyl groups is 1. The Morgan fingerprint density at radius 2 is 2.25 bits per heavy atom. The van der Waals surface area contributed by atoms with Crippen molar-refractivity contribution >= 4 is 0 Å². The third kappa shape index (κ3) is 3.08. The van der Waals surface area contributed by atoms with E-state index in [1.54, 1.807) is 0 Å². The largest absolute Gasteiger partial charge is 0.393 e. The molecule has 90 valence electrons. The topological polar surface area (TPSA) is 38.0 Å². The van der Waals surface area contributed by atoms with Crippen molar-refractivity contribution in [1.82, 2.24) is 9.78 Å². The Labute approximate surface area is 97.5 Å². The van der Waals surface area contributed by atoms with Gasteiger partial charge in [-0.2, -0.15) is 5.10 Å². The summed E-state index contributed by atoms with van der Waals surface area (Å²) >= 11 is 0. The maximum absolute atomic E-state index is 9.75. The summed E-state index contributed by atoms with van der Waals surface area (Å²) in [6.45, 7) is 0. The van der Waals surface area contributed by atoms with E-state index in [1.165, 1.54) is 31.4 Å². The summed E-state index contributed by atoms with van der Waals surface area (Å²) in [7, 11) is 2.00. The van der Waals surface area contributed by atoms with Gasteiger partial charge in [-0.05, 0) is 37.7 Å². The molecule has 0 amide bonds. The minimum atomic E-state index is -0.0564. The van der Waals surface area contributed by atoms with Crippen molar-refractivity contribution in [2.45, 2.75) is 51.0 Å². The van der Waals surface area contributed by atoms with Gasteiger partial charge in [-0.15, -0.1) is 0 Å². The molecule has 1 aliphatic carbocycles. The fourth-order valence-corrected chi connectivity index (χ4v) is 2.69. The molecule has 1 aromatic rings. The smallest absolute Gasteiger partial charge is 0.0542 e. The maximum atomic E-state index is 9.75. The summed E-state index contributed by atoms with van der Waals surface area (Å²) in [4.78, 5) is 0. The average molecular weight is 222 g/mol. The molecule has 16 heavy (non-hydrogen) atoms. The highest BCUT2D eigenvalue weighted by Crippen LogP contribution is 2.26. The molecule has 1 aromatic heterocycles. The Bertz CT molecular complexity index is 321. The van der Waals surface area contributed by atoms with E-state index >= 15 is 0 Å². The van der Waals surface area contributed by atoms with E-state index in [0.29, 0.717) is 5.92 Å². The highest BCUT2D eigenvalue weighted by atomic mass is 16.3. The van der Waals surface area contributed by atoms with Crippen LogP contribution in [0.15, 0.2) is 12.3 Å². The molecule has 1 aliphatic rings. The first-order valence-corrected chi connectivity index (χ1v) is 6.40. The van der Waals surface area contributed by atoms with Gasteiger partial charge in [0.1, 0.15) is 0 Å². The van der Waals surface area contributed by atoms with Gasteiger partial charge < -0.3 is 5.11 Å². The van der Waals surface area contributed by atoms with Crippen molar-refractivity contribution in [3.8, 4) is 0 Å². The molecule has 1 heterocycles. The summed E-state index contributed by atoms with van der Waals surface area (Å²) in [5, 5.41) is 13.9. The van der Waals surface area contributed by atoms with Crippen LogP contribution in [0.2, 0.25) is 0 Å². The Morgan fingerprint density at radius 1 is 1.44 bits per heavy atom. The van der Waals surface area contributed by atoms with Crippen LogP contribution in [0.3, 0.4) is 0 Å². The second kappa shape index (κ2) is 5.48.